The standard InChI is InChI=1S/C16H14N2O2/c1-2-14(19)10-15-17-16(18-20-15)13-8-7-11-5-3-4-6-12(11)9-13/h3-9H,2,10H2,1H3. The van der Waals surface area contributed by atoms with Crippen LogP contribution in [0.4, 0.5) is 0 Å². The summed E-state index contributed by atoms with van der Waals surface area (Å²) >= 11 is 0. The lowest BCUT2D eigenvalue weighted by molar-refractivity contribution is -0.118. The summed E-state index contributed by atoms with van der Waals surface area (Å²) in [5.41, 5.74) is 0.891. The highest BCUT2D eigenvalue weighted by atomic mass is 16.5. The van der Waals surface area contributed by atoms with Crippen molar-refractivity contribution < 1.29 is 9.32 Å². The molecule has 20 heavy (non-hydrogen) atoms. The fraction of sp³-hybridized carbons (Fsp3) is 0.188. The number of hydrogen-bond donors (Lipinski definition) is 0. The summed E-state index contributed by atoms with van der Waals surface area (Å²) in [4.78, 5) is 15.7. The van der Waals surface area contributed by atoms with Gasteiger partial charge in [0.15, 0.2) is 0 Å². The predicted octanol–water partition coefficient (Wildman–Crippen LogP) is 3.41. The van der Waals surface area contributed by atoms with Crippen molar-refractivity contribution in [3.05, 3.63) is 48.4 Å². The van der Waals surface area contributed by atoms with E-state index in [1.165, 1.54) is 5.39 Å². The quantitative estimate of drug-likeness (QED) is 0.726. The topological polar surface area (TPSA) is 56.0 Å². The summed E-state index contributed by atoms with van der Waals surface area (Å²) in [5, 5.41) is 6.24. The van der Waals surface area contributed by atoms with E-state index in [-0.39, 0.29) is 12.2 Å². The lowest BCUT2D eigenvalue weighted by atomic mass is 10.1. The van der Waals surface area contributed by atoms with Gasteiger partial charge in [-0.15, -0.1) is 0 Å². The van der Waals surface area contributed by atoms with Gasteiger partial charge in [0.1, 0.15) is 5.78 Å². The predicted molar refractivity (Wildman–Crippen MR) is 76.2 cm³/mol. The number of carbonyl (C=O) groups is 1. The second kappa shape index (κ2) is 5.25. The third kappa shape index (κ3) is 2.45. The monoisotopic (exact) mass is 266 g/mol. The molecule has 3 aromatic rings. The van der Waals surface area contributed by atoms with E-state index in [1.807, 2.05) is 43.3 Å². The van der Waals surface area contributed by atoms with Gasteiger partial charge in [-0.3, -0.25) is 4.79 Å². The SMILES string of the molecule is CCC(=O)Cc1nc(-c2ccc3ccccc3c2)no1. The van der Waals surface area contributed by atoms with Gasteiger partial charge in [-0.05, 0) is 16.8 Å². The van der Waals surface area contributed by atoms with Gasteiger partial charge in [0.25, 0.3) is 0 Å². The van der Waals surface area contributed by atoms with Crippen LogP contribution < -0.4 is 0 Å². The Hall–Kier alpha value is -2.49. The largest absolute Gasteiger partial charge is 0.339 e. The van der Waals surface area contributed by atoms with Gasteiger partial charge in [-0.1, -0.05) is 48.5 Å². The third-order valence-electron chi connectivity index (χ3n) is 3.22. The van der Waals surface area contributed by atoms with Crippen LogP contribution in [0.3, 0.4) is 0 Å². The van der Waals surface area contributed by atoms with Crippen LogP contribution in [0.25, 0.3) is 22.2 Å². The van der Waals surface area contributed by atoms with Crippen LogP contribution >= 0.6 is 0 Å². The second-order valence-corrected chi connectivity index (χ2v) is 4.64. The summed E-state index contributed by atoms with van der Waals surface area (Å²) in [6.45, 7) is 1.82. The average Bonchev–Trinajstić information content (AvgIpc) is 2.95. The zero-order valence-electron chi connectivity index (χ0n) is 11.2. The van der Waals surface area contributed by atoms with E-state index in [0.717, 1.165) is 10.9 Å². The molecule has 4 nitrogen and oxygen atoms in total. The van der Waals surface area contributed by atoms with E-state index >= 15 is 0 Å². The summed E-state index contributed by atoms with van der Waals surface area (Å²) in [6, 6.07) is 14.1. The fourth-order valence-corrected chi connectivity index (χ4v) is 2.07. The molecule has 0 spiro atoms. The Kier molecular flexibility index (Phi) is 3.29. The first kappa shape index (κ1) is 12.5. The van der Waals surface area contributed by atoms with Crippen molar-refractivity contribution in [2.45, 2.75) is 19.8 Å². The van der Waals surface area contributed by atoms with Crippen molar-refractivity contribution in [3.63, 3.8) is 0 Å². The Balaban J connectivity index is 1.92. The molecule has 1 heterocycles. The maximum Gasteiger partial charge on any atom is 0.234 e. The molecule has 0 saturated carbocycles. The maximum atomic E-state index is 11.4. The van der Waals surface area contributed by atoms with Gasteiger partial charge in [-0.25, -0.2) is 0 Å². The molecule has 3 rings (SSSR count). The number of nitrogens with zero attached hydrogens (tertiary/aromatic N) is 2. The number of benzene rings is 2. The summed E-state index contributed by atoms with van der Waals surface area (Å²) < 4.78 is 5.12. The summed E-state index contributed by atoms with van der Waals surface area (Å²) in [6.07, 6.45) is 0.685. The van der Waals surface area contributed by atoms with E-state index in [4.69, 9.17) is 4.52 Å². The number of Topliss-reactive ketones (excluding diaryl/α,β-unsaturated/α-hetero) is 1. The van der Waals surface area contributed by atoms with Crippen molar-refractivity contribution in [3.8, 4) is 11.4 Å². The first-order chi connectivity index (χ1) is 9.76. The zero-order valence-corrected chi connectivity index (χ0v) is 11.2. The van der Waals surface area contributed by atoms with Crippen molar-refractivity contribution >= 4 is 16.6 Å². The van der Waals surface area contributed by atoms with Crippen LogP contribution in [-0.4, -0.2) is 15.9 Å². The Bertz CT molecular complexity index is 762. The minimum absolute atomic E-state index is 0.0960. The highest BCUT2D eigenvalue weighted by molar-refractivity contribution is 5.86. The minimum Gasteiger partial charge on any atom is -0.339 e. The minimum atomic E-state index is 0.0960. The molecule has 2 aromatic carbocycles. The Morgan fingerprint density at radius 1 is 1.15 bits per heavy atom. The molecule has 0 saturated heterocycles. The van der Waals surface area contributed by atoms with Gasteiger partial charge in [-0.2, -0.15) is 4.98 Å². The second-order valence-electron chi connectivity index (χ2n) is 4.64. The molecule has 0 amide bonds. The van der Waals surface area contributed by atoms with E-state index in [9.17, 15) is 4.79 Å². The molecular weight excluding hydrogens is 252 g/mol. The molecule has 0 bridgehead atoms. The van der Waals surface area contributed by atoms with Crippen LogP contribution in [-0.2, 0) is 11.2 Å². The normalized spacial score (nSPS) is 10.8. The molecule has 0 fully saturated rings. The van der Waals surface area contributed by atoms with Gasteiger partial charge >= 0.3 is 0 Å². The molecule has 0 aliphatic rings. The van der Waals surface area contributed by atoms with Gasteiger partial charge in [0.05, 0.1) is 6.42 Å². The smallest absolute Gasteiger partial charge is 0.234 e. The van der Waals surface area contributed by atoms with Gasteiger partial charge in [0, 0.05) is 12.0 Å². The number of rotatable bonds is 4. The number of ketones is 1. The first-order valence-electron chi connectivity index (χ1n) is 6.59. The number of hydrogen-bond acceptors (Lipinski definition) is 4. The van der Waals surface area contributed by atoms with E-state index in [2.05, 4.69) is 16.2 Å². The van der Waals surface area contributed by atoms with Crippen LogP contribution in [0.1, 0.15) is 19.2 Å². The molecular formula is C16H14N2O2. The van der Waals surface area contributed by atoms with E-state index < -0.39 is 0 Å². The van der Waals surface area contributed by atoms with Crippen molar-refractivity contribution in [2.24, 2.45) is 0 Å². The van der Waals surface area contributed by atoms with Crippen molar-refractivity contribution in [2.75, 3.05) is 0 Å². The summed E-state index contributed by atoms with van der Waals surface area (Å²) in [7, 11) is 0. The van der Waals surface area contributed by atoms with E-state index in [1.54, 1.807) is 0 Å². The molecule has 1 aromatic heterocycles. The first-order valence-corrected chi connectivity index (χ1v) is 6.59. The molecule has 0 unspecified atom stereocenters. The number of aromatic nitrogens is 2. The number of fused-ring (bicyclic) bond motifs is 1. The summed E-state index contributed by atoms with van der Waals surface area (Å²) in [5.74, 6) is 0.994. The molecule has 0 aliphatic carbocycles. The van der Waals surface area contributed by atoms with Crippen molar-refractivity contribution in [1.82, 2.24) is 10.1 Å². The lowest BCUT2D eigenvalue weighted by Gasteiger charge is -1.99. The highest BCUT2D eigenvalue weighted by Gasteiger charge is 2.11. The lowest BCUT2D eigenvalue weighted by Crippen LogP contribution is -2.00. The van der Waals surface area contributed by atoms with Gasteiger partial charge in [0.2, 0.25) is 11.7 Å². The molecule has 100 valence electrons. The van der Waals surface area contributed by atoms with Crippen LogP contribution in [0.2, 0.25) is 0 Å². The molecule has 4 heteroatoms. The van der Waals surface area contributed by atoms with E-state index in [0.29, 0.717) is 18.1 Å². The highest BCUT2D eigenvalue weighted by Crippen LogP contribution is 2.22. The fourth-order valence-electron chi connectivity index (χ4n) is 2.07. The molecule has 0 aliphatic heterocycles. The van der Waals surface area contributed by atoms with Crippen LogP contribution in [0.15, 0.2) is 47.0 Å². The molecule has 0 radical (unpaired) electrons. The average molecular weight is 266 g/mol. The third-order valence-corrected chi connectivity index (χ3v) is 3.22. The van der Waals surface area contributed by atoms with Crippen LogP contribution in [0.5, 0.6) is 0 Å². The zero-order chi connectivity index (χ0) is 13.9. The Morgan fingerprint density at radius 3 is 2.75 bits per heavy atom. The van der Waals surface area contributed by atoms with Crippen LogP contribution in [0, 0.1) is 0 Å². The molecule has 0 N–H and O–H groups in total. The number of carbonyl (C=O) groups excluding carboxylic acids is 1. The Morgan fingerprint density at radius 2 is 1.95 bits per heavy atom. The Labute approximate surface area is 116 Å². The van der Waals surface area contributed by atoms with Crippen molar-refractivity contribution in [1.29, 1.82) is 0 Å². The van der Waals surface area contributed by atoms with Gasteiger partial charge < -0.3 is 4.52 Å². The molecule has 0 atom stereocenters. The maximum absolute atomic E-state index is 11.4.